The SMILES string of the molecule is CC(=O)N1CCCc2cc(S(=O)(=O)N3CCC(C(=O)NCCC(C)C)CC3)ccc21. The zero-order valence-electron chi connectivity index (χ0n) is 18.2. The van der Waals surface area contributed by atoms with Crippen LogP contribution in [-0.2, 0) is 26.0 Å². The van der Waals surface area contributed by atoms with Crippen molar-refractivity contribution < 1.29 is 18.0 Å². The minimum absolute atomic E-state index is 0.0275. The molecule has 2 aliphatic rings. The van der Waals surface area contributed by atoms with Crippen LogP contribution in [-0.4, -0.2) is 50.7 Å². The quantitative estimate of drug-likeness (QED) is 0.744. The van der Waals surface area contributed by atoms with E-state index in [2.05, 4.69) is 19.2 Å². The summed E-state index contributed by atoms with van der Waals surface area (Å²) in [6.45, 7) is 7.80. The molecule has 30 heavy (non-hydrogen) atoms. The number of rotatable bonds is 6. The van der Waals surface area contributed by atoms with Gasteiger partial charge in [-0.1, -0.05) is 13.8 Å². The first kappa shape index (κ1) is 22.7. The minimum atomic E-state index is -3.61. The molecule has 7 nitrogen and oxygen atoms in total. The number of aryl methyl sites for hydroxylation is 1. The van der Waals surface area contributed by atoms with E-state index in [9.17, 15) is 18.0 Å². The van der Waals surface area contributed by atoms with E-state index in [1.165, 1.54) is 11.2 Å². The van der Waals surface area contributed by atoms with Crippen LogP contribution in [0.5, 0.6) is 0 Å². The van der Waals surface area contributed by atoms with Gasteiger partial charge in [0.15, 0.2) is 0 Å². The first-order chi connectivity index (χ1) is 14.2. The first-order valence-corrected chi connectivity index (χ1v) is 12.3. The standard InChI is InChI=1S/C22H33N3O4S/c1-16(2)8-11-23-22(27)18-9-13-24(14-10-18)30(28,29)20-6-7-21-19(15-20)5-4-12-25(21)17(3)26/h6-7,15-16,18H,4-5,8-14H2,1-3H3,(H,23,27). The molecule has 3 rings (SSSR count). The zero-order chi connectivity index (χ0) is 21.9. The van der Waals surface area contributed by atoms with Gasteiger partial charge in [0.25, 0.3) is 0 Å². The lowest BCUT2D eigenvalue weighted by atomic mass is 9.97. The predicted octanol–water partition coefficient (Wildman–Crippen LogP) is 2.55. The van der Waals surface area contributed by atoms with E-state index in [-0.39, 0.29) is 22.6 Å². The lowest BCUT2D eigenvalue weighted by Crippen LogP contribution is -2.43. The van der Waals surface area contributed by atoms with Gasteiger partial charge < -0.3 is 10.2 Å². The van der Waals surface area contributed by atoms with Crippen LogP contribution in [0.15, 0.2) is 23.1 Å². The lowest BCUT2D eigenvalue weighted by molar-refractivity contribution is -0.126. The number of nitrogens with one attached hydrogen (secondary N) is 1. The van der Waals surface area contributed by atoms with Crippen molar-refractivity contribution in [2.24, 2.45) is 11.8 Å². The number of amides is 2. The second kappa shape index (κ2) is 9.47. The van der Waals surface area contributed by atoms with E-state index in [1.54, 1.807) is 23.1 Å². The fraction of sp³-hybridized carbons (Fsp3) is 0.636. The number of nitrogens with zero attached hydrogens (tertiary/aromatic N) is 2. The molecule has 0 aliphatic carbocycles. The number of anilines is 1. The van der Waals surface area contributed by atoms with Gasteiger partial charge in [-0.15, -0.1) is 0 Å². The molecule has 1 saturated heterocycles. The molecule has 2 heterocycles. The first-order valence-electron chi connectivity index (χ1n) is 10.9. The molecule has 0 radical (unpaired) electrons. The average Bonchev–Trinajstić information content (AvgIpc) is 2.72. The van der Waals surface area contributed by atoms with Crippen molar-refractivity contribution in [3.05, 3.63) is 23.8 Å². The number of hydrogen-bond donors (Lipinski definition) is 1. The van der Waals surface area contributed by atoms with Crippen molar-refractivity contribution in [2.75, 3.05) is 31.1 Å². The van der Waals surface area contributed by atoms with Gasteiger partial charge in [0, 0.05) is 44.7 Å². The van der Waals surface area contributed by atoms with Crippen molar-refractivity contribution in [3.63, 3.8) is 0 Å². The van der Waals surface area contributed by atoms with Crippen LogP contribution in [0.4, 0.5) is 5.69 Å². The van der Waals surface area contributed by atoms with Gasteiger partial charge in [-0.25, -0.2) is 8.42 Å². The van der Waals surface area contributed by atoms with Gasteiger partial charge in [0.2, 0.25) is 21.8 Å². The van der Waals surface area contributed by atoms with Crippen LogP contribution in [0.25, 0.3) is 0 Å². The number of sulfonamides is 1. The summed E-state index contributed by atoms with van der Waals surface area (Å²) in [5.41, 5.74) is 1.71. The maximum Gasteiger partial charge on any atom is 0.243 e. The number of benzene rings is 1. The van der Waals surface area contributed by atoms with Gasteiger partial charge in [0.1, 0.15) is 0 Å². The Morgan fingerprint density at radius 3 is 2.50 bits per heavy atom. The number of carbonyl (C=O) groups excluding carboxylic acids is 2. The van der Waals surface area contributed by atoms with Crippen LogP contribution in [0.2, 0.25) is 0 Å². The summed E-state index contributed by atoms with van der Waals surface area (Å²) in [5, 5.41) is 2.98. The Bertz CT molecular complexity index is 890. The summed E-state index contributed by atoms with van der Waals surface area (Å²) in [6.07, 6.45) is 3.61. The van der Waals surface area contributed by atoms with Crippen LogP contribution in [0.1, 0.15) is 52.0 Å². The highest BCUT2D eigenvalue weighted by Crippen LogP contribution is 2.31. The Morgan fingerprint density at radius 1 is 1.17 bits per heavy atom. The monoisotopic (exact) mass is 435 g/mol. The number of hydrogen-bond acceptors (Lipinski definition) is 4. The molecule has 0 spiro atoms. The molecular formula is C22H33N3O4S. The molecule has 1 N–H and O–H groups in total. The highest BCUT2D eigenvalue weighted by Gasteiger charge is 2.33. The molecule has 0 saturated carbocycles. The molecule has 0 bridgehead atoms. The molecule has 8 heteroatoms. The smallest absolute Gasteiger partial charge is 0.243 e. The molecule has 0 unspecified atom stereocenters. The molecule has 1 fully saturated rings. The summed E-state index contributed by atoms with van der Waals surface area (Å²) in [7, 11) is -3.61. The van der Waals surface area contributed by atoms with E-state index in [4.69, 9.17) is 0 Å². The normalized spacial score (nSPS) is 18.3. The third kappa shape index (κ3) is 5.03. The maximum atomic E-state index is 13.2. The van der Waals surface area contributed by atoms with Gasteiger partial charge in [0.05, 0.1) is 4.90 Å². The Morgan fingerprint density at radius 2 is 1.87 bits per heavy atom. The molecule has 166 valence electrons. The summed E-state index contributed by atoms with van der Waals surface area (Å²) < 4.78 is 27.8. The van der Waals surface area contributed by atoms with Crippen molar-refractivity contribution in [3.8, 4) is 0 Å². The van der Waals surface area contributed by atoms with E-state index in [1.807, 2.05) is 0 Å². The maximum absolute atomic E-state index is 13.2. The summed E-state index contributed by atoms with van der Waals surface area (Å²) in [5.74, 6) is 0.416. The zero-order valence-corrected chi connectivity index (χ0v) is 19.0. The average molecular weight is 436 g/mol. The molecule has 0 aromatic heterocycles. The van der Waals surface area contributed by atoms with Crippen molar-refractivity contribution in [1.29, 1.82) is 0 Å². The highest BCUT2D eigenvalue weighted by atomic mass is 32.2. The van der Waals surface area contributed by atoms with E-state index < -0.39 is 10.0 Å². The van der Waals surface area contributed by atoms with Crippen LogP contribution in [0, 0.1) is 11.8 Å². The third-order valence-corrected chi connectivity index (χ3v) is 7.93. The van der Waals surface area contributed by atoms with Gasteiger partial charge in [-0.05, 0) is 61.8 Å². The molecular weight excluding hydrogens is 402 g/mol. The summed E-state index contributed by atoms with van der Waals surface area (Å²) >= 11 is 0. The second-order valence-corrected chi connectivity index (χ2v) is 10.7. The lowest BCUT2D eigenvalue weighted by Gasteiger charge is -2.32. The van der Waals surface area contributed by atoms with Crippen LogP contribution >= 0.6 is 0 Å². The number of carbonyl (C=O) groups is 2. The fourth-order valence-corrected chi connectivity index (χ4v) is 5.72. The summed E-state index contributed by atoms with van der Waals surface area (Å²) in [4.78, 5) is 26.2. The number of fused-ring (bicyclic) bond motifs is 1. The Balaban J connectivity index is 1.65. The highest BCUT2D eigenvalue weighted by molar-refractivity contribution is 7.89. The van der Waals surface area contributed by atoms with Crippen molar-refractivity contribution >= 4 is 27.5 Å². The van der Waals surface area contributed by atoms with Gasteiger partial charge in [-0.2, -0.15) is 4.31 Å². The fourth-order valence-electron chi connectivity index (χ4n) is 4.20. The van der Waals surface area contributed by atoms with Crippen LogP contribution in [0.3, 0.4) is 0 Å². The number of piperidine rings is 1. The van der Waals surface area contributed by atoms with E-state index >= 15 is 0 Å². The molecule has 2 aliphatic heterocycles. The molecule has 1 aromatic rings. The molecule has 2 amide bonds. The molecule has 1 aromatic carbocycles. The topological polar surface area (TPSA) is 86.8 Å². The van der Waals surface area contributed by atoms with Gasteiger partial charge in [-0.3, -0.25) is 9.59 Å². The Kier molecular flexibility index (Phi) is 7.18. The van der Waals surface area contributed by atoms with Crippen molar-refractivity contribution in [1.82, 2.24) is 9.62 Å². The third-order valence-electron chi connectivity index (χ3n) is 6.03. The van der Waals surface area contributed by atoms with E-state index in [0.29, 0.717) is 44.9 Å². The second-order valence-electron chi connectivity index (χ2n) is 8.72. The minimum Gasteiger partial charge on any atom is -0.356 e. The molecule has 0 atom stereocenters. The van der Waals surface area contributed by atoms with Gasteiger partial charge >= 0.3 is 0 Å². The van der Waals surface area contributed by atoms with Crippen LogP contribution < -0.4 is 10.2 Å². The Labute approximate surface area is 179 Å². The van der Waals surface area contributed by atoms with Crippen molar-refractivity contribution in [2.45, 2.75) is 57.8 Å². The largest absolute Gasteiger partial charge is 0.356 e. The summed E-state index contributed by atoms with van der Waals surface area (Å²) in [6, 6.07) is 5.06. The predicted molar refractivity (Wildman–Crippen MR) is 117 cm³/mol. The Hall–Kier alpha value is -1.93. The van der Waals surface area contributed by atoms with E-state index in [0.717, 1.165) is 30.5 Å².